The molecule has 0 amide bonds. The molecule has 0 bridgehead atoms. The molecule has 0 atom stereocenters. The molecular formula is C17H15ClN2O3S. The quantitative estimate of drug-likeness (QED) is 0.494. The van der Waals surface area contributed by atoms with Gasteiger partial charge < -0.3 is 9.15 Å². The van der Waals surface area contributed by atoms with Crippen LogP contribution >= 0.6 is 23.4 Å². The van der Waals surface area contributed by atoms with E-state index < -0.39 is 5.97 Å². The van der Waals surface area contributed by atoms with Gasteiger partial charge in [0.05, 0.1) is 24.8 Å². The predicted molar refractivity (Wildman–Crippen MR) is 92.9 cm³/mol. The average Bonchev–Trinajstić information content (AvgIpc) is 3.23. The molecule has 0 N–H and O–H groups in total. The SMILES string of the molecule is COC(=O)c1ccoc1CSc1nccn1-c1cccc(Cl)c1C. The van der Waals surface area contributed by atoms with Gasteiger partial charge in [0.2, 0.25) is 0 Å². The number of hydrogen-bond acceptors (Lipinski definition) is 5. The number of esters is 1. The van der Waals surface area contributed by atoms with Gasteiger partial charge in [-0.05, 0) is 30.7 Å². The lowest BCUT2D eigenvalue weighted by atomic mass is 10.2. The van der Waals surface area contributed by atoms with E-state index in [1.807, 2.05) is 35.9 Å². The number of imidazole rings is 1. The van der Waals surface area contributed by atoms with E-state index in [0.717, 1.165) is 16.4 Å². The van der Waals surface area contributed by atoms with Gasteiger partial charge >= 0.3 is 5.97 Å². The van der Waals surface area contributed by atoms with Crippen molar-refractivity contribution in [3.63, 3.8) is 0 Å². The van der Waals surface area contributed by atoms with Gasteiger partial charge in [0.1, 0.15) is 11.3 Å². The van der Waals surface area contributed by atoms with Crippen LogP contribution in [0.4, 0.5) is 0 Å². The second kappa shape index (κ2) is 7.15. The van der Waals surface area contributed by atoms with E-state index in [-0.39, 0.29) is 0 Å². The lowest BCUT2D eigenvalue weighted by Crippen LogP contribution is -2.03. The maximum atomic E-state index is 11.7. The molecule has 3 rings (SSSR count). The van der Waals surface area contributed by atoms with E-state index in [1.165, 1.54) is 25.1 Å². The number of carbonyl (C=O) groups excluding carboxylic acids is 1. The first-order chi connectivity index (χ1) is 11.6. The summed E-state index contributed by atoms with van der Waals surface area (Å²) in [6, 6.07) is 7.35. The summed E-state index contributed by atoms with van der Waals surface area (Å²) in [5.74, 6) is 0.617. The van der Waals surface area contributed by atoms with Crippen LogP contribution in [-0.4, -0.2) is 22.6 Å². The fraction of sp³-hybridized carbons (Fsp3) is 0.176. The predicted octanol–water partition coefficient (Wildman–Crippen LogP) is 4.51. The number of aromatic nitrogens is 2. The number of nitrogens with zero attached hydrogens (tertiary/aromatic N) is 2. The van der Waals surface area contributed by atoms with Gasteiger partial charge in [-0.1, -0.05) is 29.4 Å². The third kappa shape index (κ3) is 3.20. The Labute approximate surface area is 148 Å². The Bertz CT molecular complexity index is 872. The Morgan fingerprint density at radius 3 is 3.04 bits per heavy atom. The molecule has 0 aliphatic heterocycles. The second-order valence-electron chi connectivity index (χ2n) is 5.00. The van der Waals surface area contributed by atoms with Crippen LogP contribution < -0.4 is 0 Å². The van der Waals surface area contributed by atoms with E-state index in [1.54, 1.807) is 12.3 Å². The molecule has 2 heterocycles. The van der Waals surface area contributed by atoms with Crippen LogP contribution in [-0.2, 0) is 10.5 Å². The maximum absolute atomic E-state index is 11.7. The van der Waals surface area contributed by atoms with Gasteiger partial charge in [0.25, 0.3) is 0 Å². The molecule has 3 aromatic rings. The third-order valence-electron chi connectivity index (χ3n) is 3.59. The van der Waals surface area contributed by atoms with Crippen molar-refractivity contribution in [3.05, 3.63) is 64.8 Å². The molecule has 5 nitrogen and oxygen atoms in total. The summed E-state index contributed by atoms with van der Waals surface area (Å²) in [4.78, 5) is 16.1. The summed E-state index contributed by atoms with van der Waals surface area (Å²) >= 11 is 7.68. The van der Waals surface area contributed by atoms with Crippen molar-refractivity contribution in [2.45, 2.75) is 17.8 Å². The first-order valence-electron chi connectivity index (χ1n) is 7.18. The smallest absolute Gasteiger partial charge is 0.341 e. The van der Waals surface area contributed by atoms with Crippen LogP contribution in [0.3, 0.4) is 0 Å². The third-order valence-corrected chi connectivity index (χ3v) is 4.96. The number of furan rings is 1. The number of hydrogen-bond donors (Lipinski definition) is 0. The highest BCUT2D eigenvalue weighted by molar-refractivity contribution is 7.98. The van der Waals surface area contributed by atoms with Gasteiger partial charge in [-0.2, -0.15) is 0 Å². The van der Waals surface area contributed by atoms with Gasteiger partial charge in [-0.15, -0.1) is 0 Å². The lowest BCUT2D eigenvalue weighted by molar-refractivity contribution is 0.0598. The van der Waals surface area contributed by atoms with Crippen molar-refractivity contribution >= 4 is 29.3 Å². The van der Waals surface area contributed by atoms with Crippen LogP contribution in [0.15, 0.2) is 52.5 Å². The molecule has 0 aliphatic carbocycles. The first kappa shape index (κ1) is 16.7. The van der Waals surface area contributed by atoms with E-state index >= 15 is 0 Å². The Balaban J connectivity index is 1.84. The van der Waals surface area contributed by atoms with E-state index in [2.05, 4.69) is 4.98 Å². The van der Waals surface area contributed by atoms with E-state index in [4.69, 9.17) is 20.8 Å². The molecule has 1 aromatic carbocycles. The highest BCUT2D eigenvalue weighted by Crippen LogP contribution is 2.29. The minimum absolute atomic E-state index is 0.409. The highest BCUT2D eigenvalue weighted by Gasteiger charge is 2.17. The Morgan fingerprint density at radius 1 is 1.42 bits per heavy atom. The molecule has 0 fully saturated rings. The van der Waals surface area contributed by atoms with Crippen molar-refractivity contribution in [3.8, 4) is 5.69 Å². The molecule has 124 valence electrons. The van der Waals surface area contributed by atoms with Crippen LogP contribution in [0.1, 0.15) is 21.7 Å². The Kier molecular flexibility index (Phi) is 4.97. The monoisotopic (exact) mass is 362 g/mol. The Morgan fingerprint density at radius 2 is 2.25 bits per heavy atom. The zero-order valence-electron chi connectivity index (χ0n) is 13.2. The standard InChI is InChI=1S/C17H15ClN2O3S/c1-11-13(18)4-3-5-14(11)20-8-7-19-17(20)24-10-15-12(6-9-23-15)16(21)22-2/h3-9H,10H2,1-2H3. The van der Waals surface area contributed by atoms with Crippen LogP contribution in [0.2, 0.25) is 5.02 Å². The number of halogens is 1. The summed E-state index contributed by atoms with van der Waals surface area (Å²) < 4.78 is 12.1. The maximum Gasteiger partial charge on any atom is 0.341 e. The van der Waals surface area contributed by atoms with Crippen molar-refractivity contribution in [1.29, 1.82) is 0 Å². The normalized spacial score (nSPS) is 10.8. The molecule has 7 heteroatoms. The van der Waals surface area contributed by atoms with Crippen LogP contribution in [0, 0.1) is 6.92 Å². The fourth-order valence-corrected chi connectivity index (χ4v) is 3.40. The van der Waals surface area contributed by atoms with E-state index in [9.17, 15) is 4.79 Å². The van der Waals surface area contributed by atoms with Gasteiger partial charge in [0.15, 0.2) is 5.16 Å². The van der Waals surface area contributed by atoms with E-state index in [0.29, 0.717) is 22.1 Å². The van der Waals surface area contributed by atoms with Crippen molar-refractivity contribution < 1.29 is 13.9 Å². The number of rotatable bonds is 5. The molecule has 0 radical (unpaired) electrons. The average molecular weight is 363 g/mol. The van der Waals surface area contributed by atoms with Crippen LogP contribution in [0.25, 0.3) is 5.69 Å². The molecule has 0 aliphatic rings. The van der Waals surface area contributed by atoms with Crippen molar-refractivity contribution in [2.75, 3.05) is 7.11 Å². The molecule has 24 heavy (non-hydrogen) atoms. The summed E-state index contributed by atoms with van der Waals surface area (Å²) in [5, 5.41) is 1.49. The zero-order chi connectivity index (χ0) is 17.1. The minimum Gasteiger partial charge on any atom is -0.468 e. The van der Waals surface area contributed by atoms with Crippen molar-refractivity contribution in [1.82, 2.24) is 9.55 Å². The van der Waals surface area contributed by atoms with Gasteiger partial charge in [0, 0.05) is 17.4 Å². The Hall–Kier alpha value is -2.18. The molecule has 0 saturated carbocycles. The van der Waals surface area contributed by atoms with Crippen molar-refractivity contribution in [2.24, 2.45) is 0 Å². The molecular weight excluding hydrogens is 348 g/mol. The highest BCUT2D eigenvalue weighted by atomic mass is 35.5. The zero-order valence-corrected chi connectivity index (χ0v) is 14.7. The minimum atomic E-state index is -0.409. The summed E-state index contributed by atoms with van der Waals surface area (Å²) in [5.41, 5.74) is 2.38. The van der Waals surface area contributed by atoms with Crippen LogP contribution in [0.5, 0.6) is 0 Å². The number of ether oxygens (including phenoxy) is 1. The molecule has 2 aromatic heterocycles. The summed E-state index contributed by atoms with van der Waals surface area (Å²) in [6.45, 7) is 1.97. The molecule has 0 spiro atoms. The number of thioether (sulfide) groups is 1. The largest absolute Gasteiger partial charge is 0.468 e. The summed E-state index contributed by atoms with van der Waals surface area (Å²) in [6.07, 6.45) is 5.09. The fourth-order valence-electron chi connectivity index (χ4n) is 2.31. The second-order valence-corrected chi connectivity index (χ2v) is 6.35. The summed E-state index contributed by atoms with van der Waals surface area (Å²) in [7, 11) is 1.35. The topological polar surface area (TPSA) is 57.3 Å². The molecule has 0 saturated heterocycles. The molecule has 0 unspecified atom stereocenters. The number of methoxy groups -OCH3 is 1. The lowest BCUT2D eigenvalue weighted by Gasteiger charge is -2.11. The van der Waals surface area contributed by atoms with Gasteiger partial charge in [-0.25, -0.2) is 9.78 Å². The number of carbonyl (C=O) groups is 1. The number of benzene rings is 1. The first-order valence-corrected chi connectivity index (χ1v) is 8.54. The van der Waals surface area contributed by atoms with Gasteiger partial charge in [-0.3, -0.25) is 4.57 Å².